The van der Waals surface area contributed by atoms with Crippen LogP contribution in [0.2, 0.25) is 5.02 Å². The van der Waals surface area contributed by atoms with Gasteiger partial charge in [-0.15, -0.1) is 10.2 Å². The summed E-state index contributed by atoms with van der Waals surface area (Å²) >= 11 is 7.57. The first-order valence-corrected chi connectivity index (χ1v) is 12.2. The van der Waals surface area contributed by atoms with Gasteiger partial charge >= 0.3 is 0 Å². The van der Waals surface area contributed by atoms with E-state index in [-0.39, 0.29) is 11.7 Å². The third-order valence-corrected chi connectivity index (χ3v) is 7.13. The minimum atomic E-state index is -0.333. The fourth-order valence-corrected chi connectivity index (χ4v) is 5.06. The predicted octanol–water partition coefficient (Wildman–Crippen LogP) is 4.42. The second-order valence-corrected chi connectivity index (χ2v) is 9.69. The highest BCUT2D eigenvalue weighted by atomic mass is 35.5. The molecule has 4 rings (SSSR count). The van der Waals surface area contributed by atoms with Crippen LogP contribution in [0.5, 0.6) is 0 Å². The molecule has 1 saturated heterocycles. The lowest BCUT2D eigenvalue weighted by atomic mass is 10.1. The van der Waals surface area contributed by atoms with E-state index in [9.17, 15) is 9.18 Å². The Kier molecular flexibility index (Phi) is 7.36. The van der Waals surface area contributed by atoms with Gasteiger partial charge in [0.15, 0.2) is 5.16 Å². The van der Waals surface area contributed by atoms with Gasteiger partial charge in [0.1, 0.15) is 11.6 Å². The van der Waals surface area contributed by atoms with Crippen molar-refractivity contribution in [3.8, 4) is 5.69 Å². The number of benzene rings is 2. The molecule has 0 atom stereocenters. The van der Waals surface area contributed by atoms with Gasteiger partial charge in [-0.05, 0) is 55.7 Å². The first-order valence-electron chi connectivity index (χ1n) is 10.9. The molecule has 0 spiro atoms. The van der Waals surface area contributed by atoms with Gasteiger partial charge in [0.25, 0.3) is 0 Å². The van der Waals surface area contributed by atoms with E-state index >= 15 is 0 Å². The zero-order chi connectivity index (χ0) is 23.5. The maximum atomic E-state index is 13.3. The summed E-state index contributed by atoms with van der Waals surface area (Å²) in [5.41, 5.74) is 4.24. The molecule has 0 saturated carbocycles. The molecule has 33 heavy (non-hydrogen) atoms. The van der Waals surface area contributed by atoms with Gasteiger partial charge < -0.3 is 4.90 Å². The Morgan fingerprint density at radius 1 is 1.06 bits per heavy atom. The van der Waals surface area contributed by atoms with E-state index in [1.54, 1.807) is 6.07 Å². The second kappa shape index (κ2) is 10.2. The minimum Gasteiger partial charge on any atom is -0.339 e. The molecular formula is C24H27ClFN5OS. The Balaban J connectivity index is 1.34. The maximum absolute atomic E-state index is 13.3. The number of carbonyl (C=O) groups excluding carboxylic acids is 1. The van der Waals surface area contributed by atoms with E-state index in [4.69, 9.17) is 11.6 Å². The SMILES string of the molecule is Cc1ccc(C)c(-n2c(C)nnc2SCC(=O)N2CCN(Cc3ccc(F)cc3Cl)CC2)c1. The lowest BCUT2D eigenvalue weighted by Gasteiger charge is -2.34. The zero-order valence-electron chi connectivity index (χ0n) is 19.0. The van der Waals surface area contributed by atoms with Gasteiger partial charge in [-0.3, -0.25) is 14.3 Å². The maximum Gasteiger partial charge on any atom is 0.233 e. The van der Waals surface area contributed by atoms with Gasteiger partial charge in [0, 0.05) is 37.7 Å². The number of aryl methyl sites for hydroxylation is 3. The Hall–Kier alpha value is -2.42. The molecule has 9 heteroatoms. The van der Waals surface area contributed by atoms with Gasteiger partial charge in [-0.1, -0.05) is 41.6 Å². The van der Waals surface area contributed by atoms with E-state index in [0.717, 1.165) is 46.4 Å². The van der Waals surface area contributed by atoms with Gasteiger partial charge in [0.2, 0.25) is 5.91 Å². The summed E-state index contributed by atoms with van der Waals surface area (Å²) in [5.74, 6) is 0.867. The summed E-state index contributed by atoms with van der Waals surface area (Å²) in [6.07, 6.45) is 0. The third-order valence-electron chi connectivity index (χ3n) is 5.86. The molecule has 1 aromatic heterocycles. The average Bonchev–Trinajstić information content (AvgIpc) is 3.16. The summed E-state index contributed by atoms with van der Waals surface area (Å²) in [5, 5.41) is 9.71. The molecule has 0 aliphatic carbocycles. The Morgan fingerprint density at radius 2 is 1.82 bits per heavy atom. The Bertz CT molecular complexity index is 1160. The topological polar surface area (TPSA) is 54.3 Å². The summed E-state index contributed by atoms with van der Waals surface area (Å²) < 4.78 is 15.3. The number of hydrogen-bond donors (Lipinski definition) is 0. The first kappa shape index (κ1) is 23.7. The fourth-order valence-electron chi connectivity index (χ4n) is 3.94. The molecule has 1 aliphatic heterocycles. The number of rotatable bonds is 6. The van der Waals surface area contributed by atoms with E-state index in [0.29, 0.717) is 30.4 Å². The van der Waals surface area contributed by atoms with Crippen molar-refractivity contribution in [1.29, 1.82) is 0 Å². The number of hydrogen-bond acceptors (Lipinski definition) is 5. The van der Waals surface area contributed by atoms with Crippen molar-refractivity contribution in [3.05, 3.63) is 69.8 Å². The molecule has 0 N–H and O–H groups in total. The number of nitrogens with zero attached hydrogens (tertiary/aromatic N) is 5. The summed E-state index contributed by atoms with van der Waals surface area (Å²) in [6, 6.07) is 10.8. The Morgan fingerprint density at radius 3 is 2.55 bits per heavy atom. The van der Waals surface area contributed by atoms with Crippen molar-refractivity contribution in [2.24, 2.45) is 0 Å². The van der Waals surface area contributed by atoms with Crippen molar-refractivity contribution >= 4 is 29.3 Å². The van der Waals surface area contributed by atoms with Crippen LogP contribution in [-0.2, 0) is 11.3 Å². The molecule has 1 aliphatic rings. The van der Waals surface area contributed by atoms with Crippen LogP contribution in [0.1, 0.15) is 22.5 Å². The molecule has 1 fully saturated rings. The smallest absolute Gasteiger partial charge is 0.233 e. The van der Waals surface area contributed by atoms with Crippen LogP contribution in [-0.4, -0.2) is 62.4 Å². The highest BCUT2D eigenvalue weighted by molar-refractivity contribution is 7.99. The molecule has 0 bridgehead atoms. The molecule has 2 heterocycles. The van der Waals surface area contributed by atoms with Crippen LogP contribution in [0.25, 0.3) is 5.69 Å². The summed E-state index contributed by atoms with van der Waals surface area (Å²) in [7, 11) is 0. The number of aromatic nitrogens is 3. The third kappa shape index (κ3) is 5.57. The van der Waals surface area contributed by atoms with E-state index in [1.165, 1.54) is 23.9 Å². The van der Waals surface area contributed by atoms with Crippen molar-refractivity contribution in [2.75, 3.05) is 31.9 Å². The number of piperazine rings is 1. The predicted molar refractivity (Wildman–Crippen MR) is 130 cm³/mol. The Labute approximate surface area is 202 Å². The van der Waals surface area contributed by atoms with Crippen LogP contribution >= 0.6 is 23.4 Å². The number of amides is 1. The van der Waals surface area contributed by atoms with Crippen LogP contribution in [0.4, 0.5) is 4.39 Å². The average molecular weight is 488 g/mol. The standard InChI is InChI=1S/C24H27ClFN5OS/c1-16-4-5-17(2)22(12-16)31-18(3)27-28-24(31)33-15-23(32)30-10-8-29(9-11-30)14-19-6-7-20(26)13-21(19)25/h4-7,12-13H,8-11,14-15H2,1-3H3. The molecule has 3 aromatic rings. The minimum absolute atomic E-state index is 0.0904. The normalized spacial score (nSPS) is 14.6. The molecule has 2 aromatic carbocycles. The number of thioether (sulfide) groups is 1. The van der Waals surface area contributed by atoms with Crippen LogP contribution < -0.4 is 0 Å². The number of carbonyl (C=O) groups is 1. The molecule has 1 amide bonds. The van der Waals surface area contributed by atoms with E-state index in [2.05, 4.69) is 47.1 Å². The monoisotopic (exact) mass is 487 g/mol. The highest BCUT2D eigenvalue weighted by Gasteiger charge is 2.23. The fraction of sp³-hybridized carbons (Fsp3) is 0.375. The molecule has 6 nitrogen and oxygen atoms in total. The van der Waals surface area contributed by atoms with Crippen molar-refractivity contribution in [2.45, 2.75) is 32.5 Å². The van der Waals surface area contributed by atoms with Gasteiger partial charge in [-0.25, -0.2) is 4.39 Å². The van der Waals surface area contributed by atoms with E-state index < -0.39 is 0 Å². The quantitative estimate of drug-likeness (QED) is 0.482. The van der Waals surface area contributed by atoms with Crippen LogP contribution in [0.3, 0.4) is 0 Å². The summed E-state index contributed by atoms with van der Waals surface area (Å²) in [6.45, 7) is 9.50. The highest BCUT2D eigenvalue weighted by Crippen LogP contribution is 2.25. The molecule has 0 radical (unpaired) electrons. The molecular weight excluding hydrogens is 461 g/mol. The van der Waals surface area contributed by atoms with Crippen molar-refractivity contribution < 1.29 is 9.18 Å². The largest absolute Gasteiger partial charge is 0.339 e. The lowest BCUT2D eigenvalue weighted by molar-refractivity contribution is -0.130. The second-order valence-electron chi connectivity index (χ2n) is 8.34. The van der Waals surface area contributed by atoms with Crippen LogP contribution in [0.15, 0.2) is 41.6 Å². The van der Waals surface area contributed by atoms with Gasteiger partial charge in [0.05, 0.1) is 11.4 Å². The summed E-state index contributed by atoms with van der Waals surface area (Å²) in [4.78, 5) is 17.0. The van der Waals surface area contributed by atoms with Gasteiger partial charge in [-0.2, -0.15) is 0 Å². The zero-order valence-corrected chi connectivity index (χ0v) is 20.6. The first-order chi connectivity index (χ1) is 15.8. The van der Waals surface area contributed by atoms with Crippen molar-refractivity contribution in [1.82, 2.24) is 24.6 Å². The molecule has 0 unspecified atom stereocenters. The lowest BCUT2D eigenvalue weighted by Crippen LogP contribution is -2.48. The molecule has 174 valence electrons. The van der Waals surface area contributed by atoms with Crippen molar-refractivity contribution in [3.63, 3.8) is 0 Å². The van der Waals surface area contributed by atoms with Crippen LogP contribution in [0, 0.1) is 26.6 Å². The van der Waals surface area contributed by atoms with E-state index in [1.807, 2.05) is 16.4 Å². The number of halogens is 2.